The van der Waals surface area contributed by atoms with Crippen LogP contribution in [0, 0.1) is 21.4 Å². The Labute approximate surface area is 207 Å². The van der Waals surface area contributed by atoms with Crippen molar-refractivity contribution in [2.24, 2.45) is 0 Å². The molecular weight excluding hydrogens is 495 g/mol. The Morgan fingerprint density at radius 2 is 1.70 bits per heavy atom. The van der Waals surface area contributed by atoms with Crippen molar-refractivity contribution in [2.75, 3.05) is 12.4 Å². The van der Waals surface area contributed by atoms with Gasteiger partial charge in [-0.2, -0.15) is 18.4 Å². The molecule has 0 spiro atoms. The SMILES string of the molecule is COC(=O)c1ccc(NC(=O)/C(C#N)=C/c2ccc(Oc3ccc(C(F)(F)F)cc3[N+](=O)[O-])cc2)cc1. The van der Waals surface area contributed by atoms with Crippen molar-refractivity contribution in [1.82, 2.24) is 0 Å². The molecule has 3 rings (SSSR count). The van der Waals surface area contributed by atoms with Crippen molar-refractivity contribution in [1.29, 1.82) is 5.26 Å². The van der Waals surface area contributed by atoms with E-state index in [4.69, 9.17) is 4.74 Å². The molecule has 0 atom stereocenters. The molecule has 12 heteroatoms. The highest BCUT2D eigenvalue weighted by atomic mass is 19.4. The monoisotopic (exact) mass is 511 g/mol. The normalized spacial score (nSPS) is 11.3. The minimum atomic E-state index is -4.76. The van der Waals surface area contributed by atoms with E-state index in [2.05, 4.69) is 10.1 Å². The number of rotatable bonds is 7. The number of alkyl halides is 3. The average molecular weight is 511 g/mol. The number of halogens is 3. The highest BCUT2D eigenvalue weighted by Crippen LogP contribution is 2.37. The number of carbonyl (C=O) groups excluding carboxylic acids is 2. The Bertz CT molecular complexity index is 1410. The highest BCUT2D eigenvalue weighted by molar-refractivity contribution is 6.09. The number of esters is 1. The van der Waals surface area contributed by atoms with Gasteiger partial charge in [-0.15, -0.1) is 0 Å². The fourth-order valence-corrected chi connectivity index (χ4v) is 3.00. The molecule has 9 nitrogen and oxygen atoms in total. The van der Waals surface area contributed by atoms with Gasteiger partial charge in [0.05, 0.1) is 23.2 Å². The predicted molar refractivity (Wildman–Crippen MR) is 125 cm³/mol. The first-order valence-corrected chi connectivity index (χ1v) is 10.3. The van der Waals surface area contributed by atoms with E-state index in [0.29, 0.717) is 23.4 Å². The number of methoxy groups -OCH3 is 1. The van der Waals surface area contributed by atoms with E-state index in [1.54, 1.807) is 6.07 Å². The molecule has 0 radical (unpaired) electrons. The van der Waals surface area contributed by atoms with Crippen LogP contribution in [0.5, 0.6) is 11.5 Å². The number of benzene rings is 3. The van der Waals surface area contributed by atoms with Gasteiger partial charge in [0.15, 0.2) is 0 Å². The lowest BCUT2D eigenvalue weighted by Crippen LogP contribution is -2.13. The number of carbonyl (C=O) groups is 2. The van der Waals surface area contributed by atoms with Crippen molar-refractivity contribution in [3.63, 3.8) is 0 Å². The Kier molecular flexibility index (Phi) is 7.89. The number of nitro groups is 1. The van der Waals surface area contributed by atoms with Gasteiger partial charge in [-0.05, 0) is 60.2 Å². The van der Waals surface area contributed by atoms with Gasteiger partial charge >= 0.3 is 17.8 Å². The number of anilines is 1. The number of nitrogens with one attached hydrogen (secondary N) is 1. The maximum Gasteiger partial charge on any atom is 0.416 e. The van der Waals surface area contributed by atoms with Crippen LogP contribution in [0.4, 0.5) is 24.5 Å². The van der Waals surface area contributed by atoms with Crippen molar-refractivity contribution >= 4 is 29.3 Å². The van der Waals surface area contributed by atoms with Gasteiger partial charge in [-0.3, -0.25) is 14.9 Å². The summed E-state index contributed by atoms with van der Waals surface area (Å²) >= 11 is 0. The summed E-state index contributed by atoms with van der Waals surface area (Å²) in [6.07, 6.45) is -3.48. The Morgan fingerprint density at radius 3 is 2.24 bits per heavy atom. The molecule has 0 saturated heterocycles. The molecule has 0 aliphatic heterocycles. The molecule has 3 aromatic carbocycles. The van der Waals surface area contributed by atoms with Gasteiger partial charge in [-0.25, -0.2) is 4.79 Å². The average Bonchev–Trinajstić information content (AvgIpc) is 2.87. The molecule has 37 heavy (non-hydrogen) atoms. The summed E-state index contributed by atoms with van der Waals surface area (Å²) in [5, 5.41) is 23.1. The van der Waals surface area contributed by atoms with Crippen LogP contribution in [-0.4, -0.2) is 23.9 Å². The molecule has 0 fully saturated rings. The fourth-order valence-electron chi connectivity index (χ4n) is 3.00. The summed E-state index contributed by atoms with van der Waals surface area (Å²) in [7, 11) is 1.24. The molecule has 0 bridgehead atoms. The van der Waals surface area contributed by atoms with Gasteiger partial charge in [0, 0.05) is 11.8 Å². The van der Waals surface area contributed by atoms with E-state index < -0.39 is 40.0 Å². The Hall–Kier alpha value is -5.18. The van der Waals surface area contributed by atoms with E-state index in [-0.39, 0.29) is 16.9 Å². The summed E-state index contributed by atoms with van der Waals surface area (Å²) in [5.41, 5.74) is -1.28. The second kappa shape index (κ2) is 11.0. The minimum Gasteiger partial charge on any atom is -0.465 e. The summed E-state index contributed by atoms with van der Waals surface area (Å²) in [6, 6.07) is 15.1. The smallest absolute Gasteiger partial charge is 0.416 e. The number of hydrogen-bond acceptors (Lipinski definition) is 7. The Morgan fingerprint density at radius 1 is 1.05 bits per heavy atom. The summed E-state index contributed by atoms with van der Waals surface area (Å²) in [6.45, 7) is 0. The van der Waals surface area contributed by atoms with Crippen LogP contribution in [0.15, 0.2) is 72.3 Å². The van der Waals surface area contributed by atoms with Gasteiger partial charge in [-0.1, -0.05) is 12.1 Å². The topological polar surface area (TPSA) is 132 Å². The van der Waals surface area contributed by atoms with Crippen LogP contribution in [-0.2, 0) is 15.7 Å². The third kappa shape index (κ3) is 6.70. The van der Waals surface area contributed by atoms with Crippen LogP contribution in [0.2, 0.25) is 0 Å². The maximum atomic E-state index is 12.9. The summed E-state index contributed by atoms with van der Waals surface area (Å²) in [4.78, 5) is 34.2. The Balaban J connectivity index is 1.74. The molecular formula is C25H16F3N3O6. The lowest BCUT2D eigenvalue weighted by atomic mass is 10.1. The van der Waals surface area contributed by atoms with Gasteiger partial charge in [0.2, 0.25) is 5.75 Å². The quantitative estimate of drug-likeness (QED) is 0.141. The zero-order valence-corrected chi connectivity index (χ0v) is 18.9. The van der Waals surface area contributed by atoms with Crippen LogP contribution < -0.4 is 10.1 Å². The molecule has 1 amide bonds. The number of ether oxygens (including phenoxy) is 2. The largest absolute Gasteiger partial charge is 0.465 e. The van der Waals surface area contributed by atoms with Crippen molar-refractivity contribution in [2.45, 2.75) is 6.18 Å². The highest BCUT2D eigenvalue weighted by Gasteiger charge is 2.33. The van der Waals surface area contributed by atoms with E-state index >= 15 is 0 Å². The lowest BCUT2D eigenvalue weighted by molar-refractivity contribution is -0.385. The molecule has 0 aliphatic rings. The standard InChI is InChI=1S/C25H16F3N3O6/c1-36-24(33)16-4-7-19(8-5-16)30-23(32)17(14-29)12-15-2-9-20(10-3-15)37-22-11-6-18(25(26,27)28)13-21(22)31(34)35/h2-13H,1H3,(H,30,32)/b17-12+. The van der Waals surface area contributed by atoms with Gasteiger partial charge in [0.25, 0.3) is 5.91 Å². The summed E-state index contributed by atoms with van der Waals surface area (Å²) < 4.78 is 48.6. The number of nitro benzene ring substituents is 1. The van der Waals surface area contributed by atoms with Crippen LogP contribution in [0.1, 0.15) is 21.5 Å². The zero-order chi connectivity index (χ0) is 27.2. The number of nitriles is 1. The number of hydrogen-bond donors (Lipinski definition) is 1. The third-order valence-corrected chi connectivity index (χ3v) is 4.83. The van der Waals surface area contributed by atoms with Gasteiger partial charge < -0.3 is 14.8 Å². The van der Waals surface area contributed by atoms with Crippen LogP contribution >= 0.6 is 0 Å². The lowest BCUT2D eigenvalue weighted by Gasteiger charge is -2.10. The molecule has 1 N–H and O–H groups in total. The molecule has 188 valence electrons. The predicted octanol–water partition coefficient (Wildman–Crippen LogP) is 5.74. The first kappa shape index (κ1) is 26.4. The molecule has 0 heterocycles. The molecule has 0 saturated carbocycles. The fraction of sp³-hybridized carbons (Fsp3) is 0.0800. The van der Waals surface area contributed by atoms with Crippen molar-refractivity contribution in [3.05, 3.63) is 99.1 Å². The minimum absolute atomic E-state index is 0.0775. The molecule has 0 unspecified atom stereocenters. The van der Waals surface area contributed by atoms with E-state index in [1.807, 2.05) is 0 Å². The zero-order valence-electron chi connectivity index (χ0n) is 18.9. The van der Waals surface area contributed by atoms with E-state index in [9.17, 15) is 38.1 Å². The van der Waals surface area contributed by atoms with Crippen molar-refractivity contribution < 1.29 is 37.2 Å². The van der Waals surface area contributed by atoms with Crippen molar-refractivity contribution in [3.8, 4) is 17.6 Å². The molecule has 0 aromatic heterocycles. The van der Waals surface area contributed by atoms with E-state index in [0.717, 1.165) is 6.07 Å². The number of amides is 1. The second-order valence-electron chi connectivity index (χ2n) is 7.30. The molecule has 3 aromatic rings. The van der Waals surface area contributed by atoms with Crippen LogP contribution in [0.25, 0.3) is 6.08 Å². The third-order valence-electron chi connectivity index (χ3n) is 4.83. The first-order chi connectivity index (χ1) is 17.5. The summed E-state index contributed by atoms with van der Waals surface area (Å²) in [5.74, 6) is -1.57. The van der Waals surface area contributed by atoms with E-state index in [1.165, 1.54) is 61.7 Å². The number of nitrogens with zero attached hydrogens (tertiary/aromatic N) is 2. The maximum absolute atomic E-state index is 12.9. The van der Waals surface area contributed by atoms with Crippen LogP contribution in [0.3, 0.4) is 0 Å². The molecule has 0 aliphatic carbocycles. The first-order valence-electron chi connectivity index (χ1n) is 10.3. The second-order valence-corrected chi connectivity index (χ2v) is 7.30. The van der Waals surface area contributed by atoms with Gasteiger partial charge in [0.1, 0.15) is 17.4 Å².